The summed E-state index contributed by atoms with van der Waals surface area (Å²) in [6, 6.07) is 0. The molecule has 0 aromatic rings. The van der Waals surface area contributed by atoms with Gasteiger partial charge >= 0.3 is 10.2 Å². The third kappa shape index (κ3) is 3.82. The molecule has 1 saturated heterocycles. The number of rotatable bonds is 3. The highest BCUT2D eigenvalue weighted by Gasteiger charge is 2.25. The molecule has 0 amide bonds. The van der Waals surface area contributed by atoms with E-state index in [1.54, 1.807) is 0 Å². The molecule has 1 aliphatic heterocycles. The van der Waals surface area contributed by atoms with Crippen molar-refractivity contribution in [2.75, 3.05) is 18.8 Å². The minimum Gasteiger partial charge on any atom is -0.316 e. The second-order valence-electron chi connectivity index (χ2n) is 3.19. The van der Waals surface area contributed by atoms with Crippen molar-refractivity contribution < 1.29 is 17.1 Å². The molecule has 1 atom stereocenters. The van der Waals surface area contributed by atoms with Crippen molar-refractivity contribution in [1.29, 1.82) is 0 Å². The Hall–Kier alpha value is -0.490. The number of Topliss-reactive ketones (excluding diaryl/α,β-unsaturated/α-hetero) is 1. The summed E-state index contributed by atoms with van der Waals surface area (Å²) < 4.78 is 32.5. The van der Waals surface area contributed by atoms with E-state index in [1.165, 1.54) is 0 Å². The molecule has 1 fully saturated rings. The molecular weight excluding hydrogens is 197 g/mol. The van der Waals surface area contributed by atoms with Crippen LogP contribution in [0.3, 0.4) is 0 Å². The summed E-state index contributed by atoms with van der Waals surface area (Å²) >= 11 is 0. The lowest BCUT2D eigenvalue weighted by molar-refractivity contribution is -0.120. The first kappa shape index (κ1) is 10.6. The predicted octanol–water partition coefficient (Wildman–Crippen LogP) is -0.146. The van der Waals surface area contributed by atoms with Crippen molar-refractivity contribution >= 4 is 16.0 Å². The number of ketones is 1. The number of hydrogen-bond acceptors (Lipinski definition) is 4. The average Bonchev–Trinajstić information content (AvgIpc) is 2.03. The number of nitrogens with one attached hydrogen (secondary N) is 1. The zero-order valence-corrected chi connectivity index (χ0v) is 7.94. The molecule has 1 N–H and O–H groups in total. The van der Waals surface area contributed by atoms with E-state index < -0.39 is 21.8 Å². The smallest absolute Gasteiger partial charge is 0.309 e. The number of halogens is 1. The third-order valence-corrected chi connectivity index (χ3v) is 2.70. The molecule has 0 aromatic heterocycles. The van der Waals surface area contributed by atoms with E-state index in [0.29, 0.717) is 13.0 Å². The maximum absolute atomic E-state index is 12.1. The van der Waals surface area contributed by atoms with Gasteiger partial charge in [0, 0.05) is 12.5 Å². The summed E-state index contributed by atoms with van der Waals surface area (Å²) in [6.07, 6.45) is 1.49. The molecule has 0 aromatic carbocycles. The lowest BCUT2D eigenvalue weighted by Gasteiger charge is -2.20. The minimum atomic E-state index is -4.65. The highest BCUT2D eigenvalue weighted by Crippen LogP contribution is 2.12. The van der Waals surface area contributed by atoms with Crippen LogP contribution in [-0.2, 0) is 15.0 Å². The van der Waals surface area contributed by atoms with Crippen molar-refractivity contribution in [3.05, 3.63) is 0 Å². The normalized spacial score (nSPS) is 24.2. The standard InChI is InChI=1S/C7H12FNO3S/c8-13(11,12)5-7(10)6-2-1-3-9-4-6/h6,9H,1-5H2. The summed E-state index contributed by atoms with van der Waals surface area (Å²) in [5, 5.41) is 2.96. The Balaban J connectivity index is 2.47. The van der Waals surface area contributed by atoms with Crippen LogP contribution in [-0.4, -0.2) is 33.0 Å². The molecule has 1 rings (SSSR count). The van der Waals surface area contributed by atoms with Crippen LogP contribution >= 0.6 is 0 Å². The van der Waals surface area contributed by atoms with Crippen LogP contribution in [0.4, 0.5) is 3.89 Å². The molecular formula is C7H12FNO3S. The SMILES string of the molecule is O=C(CS(=O)(=O)F)C1CCCNC1. The van der Waals surface area contributed by atoms with Crippen molar-refractivity contribution in [2.24, 2.45) is 5.92 Å². The lowest BCUT2D eigenvalue weighted by atomic mass is 9.96. The van der Waals surface area contributed by atoms with Crippen molar-refractivity contribution in [3.63, 3.8) is 0 Å². The van der Waals surface area contributed by atoms with Gasteiger partial charge in [-0.1, -0.05) is 0 Å². The molecule has 0 spiro atoms. The van der Waals surface area contributed by atoms with E-state index in [2.05, 4.69) is 5.32 Å². The number of carbonyl (C=O) groups excluding carboxylic acids is 1. The fourth-order valence-corrected chi connectivity index (χ4v) is 1.99. The third-order valence-electron chi connectivity index (χ3n) is 2.07. The number of hydrogen-bond donors (Lipinski definition) is 1. The zero-order valence-electron chi connectivity index (χ0n) is 7.12. The Morgan fingerprint density at radius 1 is 1.54 bits per heavy atom. The van der Waals surface area contributed by atoms with Crippen LogP contribution in [0.2, 0.25) is 0 Å². The van der Waals surface area contributed by atoms with Gasteiger partial charge in [0.2, 0.25) is 0 Å². The summed E-state index contributed by atoms with van der Waals surface area (Å²) in [7, 11) is -4.65. The highest BCUT2D eigenvalue weighted by molar-refractivity contribution is 7.87. The fourth-order valence-electron chi connectivity index (χ4n) is 1.41. The Labute approximate surface area is 76.7 Å². The molecule has 1 aliphatic rings. The molecule has 13 heavy (non-hydrogen) atoms. The first-order valence-electron chi connectivity index (χ1n) is 4.15. The van der Waals surface area contributed by atoms with E-state index in [0.717, 1.165) is 13.0 Å². The Morgan fingerprint density at radius 3 is 2.69 bits per heavy atom. The first-order valence-corrected chi connectivity index (χ1v) is 5.70. The lowest BCUT2D eigenvalue weighted by Crippen LogP contribution is -2.36. The summed E-state index contributed by atoms with van der Waals surface area (Å²) in [6.45, 7) is 1.31. The van der Waals surface area contributed by atoms with E-state index >= 15 is 0 Å². The average molecular weight is 209 g/mol. The van der Waals surface area contributed by atoms with Gasteiger partial charge in [-0.15, -0.1) is 3.89 Å². The molecule has 0 aliphatic carbocycles. The second-order valence-corrected chi connectivity index (χ2v) is 4.56. The maximum atomic E-state index is 12.1. The van der Waals surface area contributed by atoms with E-state index in [4.69, 9.17) is 0 Å². The number of carbonyl (C=O) groups is 1. The summed E-state index contributed by atoms with van der Waals surface area (Å²) in [5.41, 5.74) is 0. The molecule has 1 unspecified atom stereocenters. The molecule has 0 saturated carbocycles. The van der Waals surface area contributed by atoms with Crippen molar-refractivity contribution in [1.82, 2.24) is 5.32 Å². The van der Waals surface area contributed by atoms with Gasteiger partial charge < -0.3 is 5.32 Å². The topological polar surface area (TPSA) is 63.2 Å². The molecule has 0 bridgehead atoms. The van der Waals surface area contributed by atoms with Gasteiger partial charge in [0.1, 0.15) is 5.75 Å². The number of piperidine rings is 1. The van der Waals surface area contributed by atoms with E-state index in [-0.39, 0.29) is 5.92 Å². The van der Waals surface area contributed by atoms with Crippen LogP contribution in [0.15, 0.2) is 0 Å². The van der Waals surface area contributed by atoms with Crippen LogP contribution in [0.5, 0.6) is 0 Å². The van der Waals surface area contributed by atoms with Gasteiger partial charge in [0.25, 0.3) is 0 Å². The second kappa shape index (κ2) is 4.15. The fraction of sp³-hybridized carbons (Fsp3) is 0.857. The Morgan fingerprint density at radius 2 is 2.23 bits per heavy atom. The monoisotopic (exact) mass is 209 g/mol. The zero-order chi connectivity index (χ0) is 9.90. The van der Waals surface area contributed by atoms with Gasteiger partial charge in [-0.2, -0.15) is 8.42 Å². The maximum Gasteiger partial charge on any atom is 0.309 e. The molecule has 0 radical (unpaired) electrons. The van der Waals surface area contributed by atoms with Gasteiger partial charge in [-0.25, -0.2) is 0 Å². The van der Waals surface area contributed by atoms with Crippen LogP contribution in [0.1, 0.15) is 12.8 Å². The molecule has 6 heteroatoms. The largest absolute Gasteiger partial charge is 0.316 e. The van der Waals surface area contributed by atoms with Gasteiger partial charge in [-0.05, 0) is 19.4 Å². The summed E-state index contributed by atoms with van der Waals surface area (Å²) in [4.78, 5) is 11.2. The Kier molecular flexibility index (Phi) is 3.38. The van der Waals surface area contributed by atoms with Crippen LogP contribution < -0.4 is 5.32 Å². The van der Waals surface area contributed by atoms with E-state index in [9.17, 15) is 17.1 Å². The Bertz CT molecular complexity index is 282. The van der Waals surface area contributed by atoms with Crippen LogP contribution in [0, 0.1) is 5.92 Å². The van der Waals surface area contributed by atoms with Gasteiger partial charge in [0.15, 0.2) is 5.78 Å². The van der Waals surface area contributed by atoms with Gasteiger partial charge in [-0.3, -0.25) is 4.79 Å². The van der Waals surface area contributed by atoms with Crippen molar-refractivity contribution in [3.8, 4) is 0 Å². The minimum absolute atomic E-state index is 0.334. The van der Waals surface area contributed by atoms with Crippen molar-refractivity contribution in [2.45, 2.75) is 12.8 Å². The highest BCUT2D eigenvalue weighted by atomic mass is 32.3. The van der Waals surface area contributed by atoms with E-state index in [1.807, 2.05) is 0 Å². The quantitative estimate of drug-likeness (QED) is 0.657. The first-order chi connectivity index (χ1) is 5.99. The van der Waals surface area contributed by atoms with Gasteiger partial charge in [0.05, 0.1) is 0 Å². The molecule has 76 valence electrons. The molecule has 1 heterocycles. The molecule has 4 nitrogen and oxygen atoms in total. The summed E-state index contributed by atoms with van der Waals surface area (Å²) in [5.74, 6) is -1.83. The van der Waals surface area contributed by atoms with Crippen LogP contribution in [0.25, 0.3) is 0 Å². The predicted molar refractivity (Wildman–Crippen MR) is 45.5 cm³/mol.